The number of aromatic amines is 1. The van der Waals surface area contributed by atoms with Crippen LogP contribution in [-0.2, 0) is 16.1 Å². The molecule has 3 heterocycles. The third kappa shape index (κ3) is 5.98. The Kier molecular flexibility index (Phi) is 8.46. The normalized spacial score (nSPS) is 19.2. The Bertz CT molecular complexity index is 1070. The van der Waals surface area contributed by atoms with Gasteiger partial charge in [-0.2, -0.15) is 0 Å². The van der Waals surface area contributed by atoms with Crippen LogP contribution in [0.4, 0.5) is 0 Å². The maximum absolute atomic E-state index is 13.3. The zero-order valence-corrected chi connectivity index (χ0v) is 21.6. The van der Waals surface area contributed by atoms with E-state index in [0.717, 1.165) is 45.3 Å². The number of hydrogen-bond donors (Lipinski definition) is 2. The zero-order chi connectivity index (χ0) is 25.7. The van der Waals surface area contributed by atoms with Crippen LogP contribution in [0.1, 0.15) is 70.3 Å². The van der Waals surface area contributed by atoms with Gasteiger partial charge in [-0.3, -0.25) is 14.5 Å². The first-order valence-corrected chi connectivity index (χ1v) is 13.1. The minimum atomic E-state index is -0.423. The van der Waals surface area contributed by atoms with E-state index in [9.17, 15) is 14.4 Å². The van der Waals surface area contributed by atoms with Gasteiger partial charge in [0.15, 0.2) is 0 Å². The van der Waals surface area contributed by atoms with Crippen molar-refractivity contribution in [2.45, 2.75) is 59.0 Å². The molecule has 1 unspecified atom stereocenters. The molecule has 0 radical (unpaired) electrons. The number of nitrogens with zero attached hydrogens (tertiary/aromatic N) is 2. The number of carbonyl (C=O) groups excluding carboxylic acids is 3. The van der Waals surface area contributed by atoms with Crippen LogP contribution in [0.3, 0.4) is 0 Å². The number of ether oxygens (including phenoxy) is 1. The lowest BCUT2D eigenvalue weighted by Crippen LogP contribution is -2.50. The molecule has 2 aliphatic rings. The van der Waals surface area contributed by atoms with Crippen molar-refractivity contribution in [1.82, 2.24) is 20.1 Å². The fourth-order valence-corrected chi connectivity index (χ4v) is 5.40. The molecule has 0 aliphatic carbocycles. The average molecular weight is 495 g/mol. The van der Waals surface area contributed by atoms with Gasteiger partial charge in [-0.25, -0.2) is 4.79 Å². The number of piperidine rings is 2. The van der Waals surface area contributed by atoms with E-state index >= 15 is 0 Å². The number of carbonyl (C=O) groups is 3. The summed E-state index contributed by atoms with van der Waals surface area (Å²) in [6, 6.07) is 10.6. The summed E-state index contributed by atoms with van der Waals surface area (Å²) >= 11 is 0. The molecule has 2 aromatic rings. The Morgan fingerprint density at radius 2 is 1.78 bits per heavy atom. The number of aromatic nitrogens is 1. The van der Waals surface area contributed by atoms with E-state index in [2.05, 4.69) is 39.5 Å². The van der Waals surface area contributed by atoms with Gasteiger partial charge in [-0.1, -0.05) is 30.3 Å². The second-order valence-electron chi connectivity index (χ2n) is 9.98. The molecule has 2 fully saturated rings. The summed E-state index contributed by atoms with van der Waals surface area (Å²) in [5, 5.41) is 3.25. The maximum atomic E-state index is 13.3. The minimum absolute atomic E-state index is 0.0422. The van der Waals surface area contributed by atoms with Gasteiger partial charge in [-0.05, 0) is 57.6 Å². The lowest BCUT2D eigenvalue weighted by Gasteiger charge is -2.35. The van der Waals surface area contributed by atoms with Gasteiger partial charge in [0.2, 0.25) is 5.91 Å². The average Bonchev–Trinajstić information content (AvgIpc) is 3.19. The molecule has 0 spiro atoms. The van der Waals surface area contributed by atoms with Crippen LogP contribution in [0.2, 0.25) is 0 Å². The van der Waals surface area contributed by atoms with E-state index in [1.54, 1.807) is 25.7 Å². The number of likely N-dealkylation sites (tertiary alicyclic amines) is 2. The molecule has 36 heavy (non-hydrogen) atoms. The lowest BCUT2D eigenvalue weighted by molar-refractivity contribution is -0.127. The molecule has 8 nitrogen and oxygen atoms in total. The van der Waals surface area contributed by atoms with Crippen LogP contribution in [0.5, 0.6) is 0 Å². The highest BCUT2D eigenvalue weighted by atomic mass is 16.5. The van der Waals surface area contributed by atoms with Crippen LogP contribution in [0.25, 0.3) is 0 Å². The number of nitrogens with one attached hydrogen (secondary N) is 2. The van der Waals surface area contributed by atoms with Crippen molar-refractivity contribution < 1.29 is 19.1 Å². The molecular formula is C28H38N4O4. The first-order chi connectivity index (χ1) is 17.4. The first-order valence-electron chi connectivity index (χ1n) is 13.1. The molecule has 1 aromatic heterocycles. The van der Waals surface area contributed by atoms with Crippen molar-refractivity contribution in [2.24, 2.45) is 5.92 Å². The Hall–Kier alpha value is -3.13. The number of H-pyrrole nitrogens is 1. The number of aryl methyl sites for hydroxylation is 1. The summed E-state index contributed by atoms with van der Waals surface area (Å²) in [5.74, 6) is -0.766. The van der Waals surface area contributed by atoms with E-state index in [1.165, 1.54) is 5.56 Å². The Labute approximate surface area is 213 Å². The van der Waals surface area contributed by atoms with Crippen molar-refractivity contribution in [3.63, 3.8) is 0 Å². The summed E-state index contributed by atoms with van der Waals surface area (Å²) in [6.07, 6.45) is 3.43. The highest BCUT2D eigenvalue weighted by molar-refractivity contribution is 6.00. The van der Waals surface area contributed by atoms with E-state index in [0.29, 0.717) is 35.6 Å². The number of rotatable bonds is 7. The Morgan fingerprint density at radius 1 is 1.06 bits per heavy atom. The highest BCUT2D eigenvalue weighted by Gasteiger charge is 2.33. The van der Waals surface area contributed by atoms with Crippen LogP contribution >= 0.6 is 0 Å². The highest BCUT2D eigenvalue weighted by Crippen LogP contribution is 2.24. The van der Waals surface area contributed by atoms with Crippen molar-refractivity contribution in [2.75, 3.05) is 32.8 Å². The van der Waals surface area contributed by atoms with Crippen molar-refractivity contribution in [3.8, 4) is 0 Å². The Balaban J connectivity index is 1.30. The van der Waals surface area contributed by atoms with Gasteiger partial charge >= 0.3 is 5.97 Å². The monoisotopic (exact) mass is 494 g/mol. The van der Waals surface area contributed by atoms with Crippen LogP contribution in [-0.4, -0.2) is 71.4 Å². The van der Waals surface area contributed by atoms with Crippen LogP contribution in [0.15, 0.2) is 30.3 Å². The summed E-state index contributed by atoms with van der Waals surface area (Å²) in [4.78, 5) is 46.0. The molecule has 2 N–H and O–H groups in total. The fraction of sp³-hybridized carbons (Fsp3) is 0.536. The molecule has 2 saturated heterocycles. The zero-order valence-electron chi connectivity index (χ0n) is 21.6. The molecule has 8 heteroatoms. The lowest BCUT2D eigenvalue weighted by atomic mass is 9.95. The second kappa shape index (κ2) is 11.7. The van der Waals surface area contributed by atoms with Gasteiger partial charge in [0.25, 0.3) is 5.91 Å². The third-order valence-electron chi connectivity index (χ3n) is 7.39. The molecule has 1 atom stereocenters. The molecule has 0 saturated carbocycles. The van der Waals surface area contributed by atoms with Gasteiger partial charge < -0.3 is 19.9 Å². The minimum Gasteiger partial charge on any atom is -0.462 e. The van der Waals surface area contributed by atoms with E-state index in [-0.39, 0.29) is 30.4 Å². The third-order valence-corrected chi connectivity index (χ3v) is 7.39. The van der Waals surface area contributed by atoms with E-state index < -0.39 is 5.97 Å². The molecule has 4 rings (SSSR count). The van der Waals surface area contributed by atoms with Gasteiger partial charge in [0, 0.05) is 44.5 Å². The molecular weight excluding hydrogens is 456 g/mol. The summed E-state index contributed by atoms with van der Waals surface area (Å²) in [6.45, 7) is 9.43. The largest absolute Gasteiger partial charge is 0.462 e. The molecule has 2 amide bonds. The first kappa shape index (κ1) is 25.9. The second-order valence-corrected chi connectivity index (χ2v) is 9.98. The number of benzene rings is 1. The molecule has 2 aliphatic heterocycles. The van der Waals surface area contributed by atoms with Crippen LogP contribution in [0, 0.1) is 19.8 Å². The smallest absolute Gasteiger partial charge is 0.340 e. The predicted molar refractivity (Wildman–Crippen MR) is 138 cm³/mol. The maximum Gasteiger partial charge on any atom is 0.340 e. The number of hydrogen-bond acceptors (Lipinski definition) is 5. The van der Waals surface area contributed by atoms with Gasteiger partial charge in [0.1, 0.15) is 5.69 Å². The summed E-state index contributed by atoms with van der Waals surface area (Å²) in [5.41, 5.74) is 3.37. The topological polar surface area (TPSA) is 94.7 Å². The molecule has 194 valence electrons. The van der Waals surface area contributed by atoms with E-state index in [4.69, 9.17) is 4.74 Å². The van der Waals surface area contributed by atoms with Gasteiger partial charge in [0.05, 0.1) is 18.1 Å². The van der Waals surface area contributed by atoms with Gasteiger partial charge in [-0.15, -0.1) is 0 Å². The summed E-state index contributed by atoms with van der Waals surface area (Å²) in [7, 11) is 0. The van der Waals surface area contributed by atoms with Crippen molar-refractivity contribution >= 4 is 17.8 Å². The van der Waals surface area contributed by atoms with Crippen molar-refractivity contribution in [1.29, 1.82) is 0 Å². The SMILES string of the molecule is CCOC(=O)c1c(C)[nH]c(C(=O)N2CCCC(C(=O)NC3CCN(Cc4ccccc4)CC3)C2)c1C. The fourth-order valence-electron chi connectivity index (χ4n) is 5.40. The molecule has 1 aromatic carbocycles. The summed E-state index contributed by atoms with van der Waals surface area (Å²) < 4.78 is 5.15. The standard InChI is InChI=1S/C28H38N4O4/c1-4-36-28(35)24-19(2)25(29-20(24)3)27(34)32-14-8-11-22(18-32)26(33)30-23-12-15-31(16-13-23)17-21-9-6-5-7-10-21/h5-7,9-10,22-23,29H,4,8,11-18H2,1-3H3,(H,30,33). The van der Waals surface area contributed by atoms with E-state index in [1.807, 2.05) is 6.07 Å². The van der Waals surface area contributed by atoms with Crippen molar-refractivity contribution in [3.05, 3.63) is 58.4 Å². The van der Waals surface area contributed by atoms with Crippen LogP contribution < -0.4 is 5.32 Å². The molecule has 0 bridgehead atoms. The number of amides is 2. The quantitative estimate of drug-likeness (QED) is 0.575. The predicted octanol–water partition coefficient (Wildman–Crippen LogP) is 3.44. The Morgan fingerprint density at radius 3 is 2.47 bits per heavy atom. The number of esters is 1.